The molecule has 53 heavy (non-hydrogen) atoms. The topological polar surface area (TPSA) is 157 Å². The van der Waals surface area contributed by atoms with Gasteiger partial charge in [-0.05, 0) is 101 Å². The van der Waals surface area contributed by atoms with Gasteiger partial charge in [-0.2, -0.15) is 17.5 Å². The van der Waals surface area contributed by atoms with Crippen molar-refractivity contribution in [3.05, 3.63) is 81.9 Å². The summed E-state index contributed by atoms with van der Waals surface area (Å²) in [5, 5.41) is 17.6. The Hall–Kier alpha value is -4.77. The van der Waals surface area contributed by atoms with Crippen LogP contribution >= 0.6 is 0 Å². The fourth-order valence-corrected chi connectivity index (χ4v) is 8.57. The number of halogens is 3. The molecule has 1 saturated heterocycles. The number of carbonyl (C=O) groups is 2. The Morgan fingerprint density at radius 2 is 1.70 bits per heavy atom. The normalized spacial score (nSPS) is 17.8. The summed E-state index contributed by atoms with van der Waals surface area (Å²) in [4.78, 5) is 31.3. The van der Waals surface area contributed by atoms with Crippen molar-refractivity contribution in [1.29, 1.82) is 0 Å². The number of aromatic nitrogens is 4. The van der Waals surface area contributed by atoms with E-state index < -0.39 is 56.6 Å². The first-order valence-electron chi connectivity index (χ1n) is 16.8. The Balaban J connectivity index is 1.42. The maximum atomic E-state index is 14.4. The number of carbonyl (C=O) groups excluding carboxylic acids is 1. The molecular weight excluding hydrogens is 717 g/mol. The van der Waals surface area contributed by atoms with Crippen LogP contribution in [0.2, 0.25) is 0 Å². The van der Waals surface area contributed by atoms with E-state index in [2.05, 4.69) is 15.2 Å². The lowest BCUT2D eigenvalue weighted by molar-refractivity contribution is -0.147. The molecule has 1 N–H and O–H groups in total. The molecule has 5 heterocycles. The third-order valence-electron chi connectivity index (χ3n) is 9.72. The van der Waals surface area contributed by atoms with Crippen LogP contribution in [0.1, 0.15) is 79.7 Å². The zero-order chi connectivity index (χ0) is 39.1. The Kier molecular flexibility index (Phi) is 9.08. The number of carboxylic acids is 1. The molecule has 0 aliphatic carbocycles. The number of likely N-dealkylation sites (tertiary alicyclic amines) is 1. The first-order chi connectivity index (χ1) is 24.4. The van der Waals surface area contributed by atoms with E-state index in [4.69, 9.17) is 9.47 Å². The fourth-order valence-electron chi connectivity index (χ4n) is 6.93. The summed E-state index contributed by atoms with van der Waals surface area (Å²) in [5.41, 5.74) is -0.364. The van der Waals surface area contributed by atoms with Crippen LogP contribution in [0.25, 0.3) is 5.65 Å². The number of alkyl halides is 3. The minimum atomic E-state index is -4.76. The van der Waals surface area contributed by atoms with Crippen LogP contribution < -0.4 is 4.74 Å². The highest BCUT2D eigenvalue weighted by Gasteiger charge is 2.54. The number of nitrogens with zero attached hydrogens (tertiary/aromatic N) is 6. The van der Waals surface area contributed by atoms with E-state index in [9.17, 15) is 36.3 Å². The molecule has 284 valence electrons. The number of hydrogen-bond donors (Lipinski definition) is 1. The molecule has 0 radical (unpaired) electrons. The molecule has 1 spiro atoms. The van der Waals surface area contributed by atoms with Gasteiger partial charge in [0.15, 0.2) is 11.2 Å². The van der Waals surface area contributed by atoms with Crippen molar-refractivity contribution in [3.8, 4) is 5.88 Å². The van der Waals surface area contributed by atoms with Gasteiger partial charge in [0.2, 0.25) is 21.7 Å². The zero-order valence-corrected chi connectivity index (χ0v) is 31.4. The molecule has 0 bridgehead atoms. The molecule has 0 saturated carbocycles. The molecule has 1 atom stereocenters. The smallest absolute Gasteiger partial charge is 0.452 e. The lowest BCUT2D eigenvalue weighted by Gasteiger charge is -2.49. The summed E-state index contributed by atoms with van der Waals surface area (Å²) in [7, 11) is -4.23. The van der Waals surface area contributed by atoms with Crippen molar-refractivity contribution < 1.29 is 45.8 Å². The van der Waals surface area contributed by atoms with Crippen LogP contribution in [0.15, 0.2) is 47.6 Å². The largest absolute Gasteiger partial charge is 0.481 e. The van der Waals surface area contributed by atoms with E-state index in [1.165, 1.54) is 47.6 Å². The molecule has 4 aromatic rings. The minimum absolute atomic E-state index is 0.0390. The van der Waals surface area contributed by atoms with Gasteiger partial charge in [-0.1, -0.05) is 18.2 Å². The number of rotatable bonds is 6. The number of aryl methyl sites for hydroxylation is 3. The van der Waals surface area contributed by atoms with Gasteiger partial charge in [-0.25, -0.2) is 18.2 Å². The Bertz CT molecular complexity index is 2240. The second kappa shape index (κ2) is 12.7. The lowest BCUT2D eigenvalue weighted by atomic mass is 9.70. The van der Waals surface area contributed by atoms with Gasteiger partial charge in [0.05, 0.1) is 25.0 Å². The number of benzene rings is 1. The highest BCUT2D eigenvalue weighted by molar-refractivity contribution is 7.89. The molecule has 17 heteroatoms. The average molecular weight is 759 g/mol. The van der Waals surface area contributed by atoms with Gasteiger partial charge in [-0.15, -0.1) is 10.2 Å². The number of pyridine rings is 2. The minimum Gasteiger partial charge on any atom is -0.481 e. The number of fused-ring (bicyclic) bond motifs is 2. The first kappa shape index (κ1) is 38.0. The van der Waals surface area contributed by atoms with Crippen molar-refractivity contribution in [3.63, 3.8) is 0 Å². The second-order valence-electron chi connectivity index (χ2n) is 15.5. The van der Waals surface area contributed by atoms with E-state index in [-0.39, 0.29) is 42.6 Å². The van der Waals surface area contributed by atoms with E-state index >= 15 is 0 Å². The van der Waals surface area contributed by atoms with E-state index in [1.54, 1.807) is 59.7 Å². The molecule has 1 aromatic carbocycles. The van der Waals surface area contributed by atoms with Crippen molar-refractivity contribution in [2.75, 3.05) is 19.6 Å². The van der Waals surface area contributed by atoms with Gasteiger partial charge in [-0.3, -0.25) is 14.1 Å². The molecule has 2 aliphatic rings. The van der Waals surface area contributed by atoms with Gasteiger partial charge in [0.25, 0.3) is 0 Å². The van der Waals surface area contributed by atoms with E-state index in [0.717, 1.165) is 4.40 Å². The quantitative estimate of drug-likeness (QED) is 0.252. The molecule has 1 fully saturated rings. The van der Waals surface area contributed by atoms with Crippen LogP contribution in [-0.4, -0.2) is 85.2 Å². The molecule has 1 amide bonds. The molecule has 3 aromatic heterocycles. The predicted octanol–water partition coefficient (Wildman–Crippen LogP) is 5.88. The Labute approximate surface area is 304 Å². The van der Waals surface area contributed by atoms with E-state index in [0.29, 0.717) is 33.4 Å². The lowest BCUT2D eigenvalue weighted by Crippen LogP contribution is -2.70. The number of ether oxygens (including phenoxy) is 2. The maximum absolute atomic E-state index is 14.4. The number of hydrogen-bond acceptors (Lipinski definition) is 9. The zero-order valence-electron chi connectivity index (χ0n) is 30.6. The molecule has 6 rings (SSSR count). The predicted molar refractivity (Wildman–Crippen MR) is 185 cm³/mol. The number of carboxylic acid groups (broad SMARTS) is 1. The summed E-state index contributed by atoms with van der Waals surface area (Å²) >= 11 is 0. The summed E-state index contributed by atoms with van der Waals surface area (Å²) in [6, 6.07) is 8.14. The first-order valence-corrected chi connectivity index (χ1v) is 18.3. The Morgan fingerprint density at radius 1 is 1.02 bits per heavy atom. The van der Waals surface area contributed by atoms with Crippen LogP contribution in [0.4, 0.5) is 18.0 Å². The fraction of sp³-hybridized carbons (Fsp3) is 0.472. The standard InChI is InChI=1S/C36H41F3N6O7S/c1-20-13-26-29(40-15-20)51-35(17-43(18-35)32(48)52-33(4,5)6)19-44(53(26,49)50)16-24-14-23(10-9-21(24)2)27(34(7,8)31(46)47)25-11-12-45-28(22(25)3)41-42-30(45)36(37,38)39/h9-15,27H,16-19H2,1-8H3,(H,46,47). The molecule has 2 aliphatic heterocycles. The van der Waals surface area contributed by atoms with Crippen molar-refractivity contribution in [2.24, 2.45) is 5.41 Å². The highest BCUT2D eigenvalue weighted by atomic mass is 32.2. The van der Waals surface area contributed by atoms with Gasteiger partial charge < -0.3 is 14.6 Å². The van der Waals surface area contributed by atoms with Crippen LogP contribution in [-0.2, 0) is 32.3 Å². The summed E-state index contributed by atoms with van der Waals surface area (Å²) < 4.78 is 83.7. The average Bonchev–Trinajstić information content (AvgIpc) is 3.44. The number of sulfonamides is 1. The second-order valence-corrected chi connectivity index (χ2v) is 17.4. The summed E-state index contributed by atoms with van der Waals surface area (Å²) in [5.74, 6) is -3.35. The SMILES string of the molecule is Cc1cnc2c(c1)S(=O)(=O)N(Cc1cc(C(c3ccn4c(C(F)(F)F)nnc4c3C)C(C)(C)C(=O)O)ccc1C)CC1(CN(C(=O)OC(C)(C)C)C1)O2. The number of aliphatic carboxylic acids is 1. The summed E-state index contributed by atoms with van der Waals surface area (Å²) in [6.07, 6.45) is -2.65. The molecule has 13 nitrogen and oxygen atoms in total. The van der Waals surface area contributed by atoms with Gasteiger partial charge in [0, 0.05) is 24.9 Å². The van der Waals surface area contributed by atoms with E-state index in [1.807, 2.05) is 0 Å². The van der Waals surface area contributed by atoms with Gasteiger partial charge in [0.1, 0.15) is 10.5 Å². The van der Waals surface area contributed by atoms with Crippen molar-refractivity contribution >= 4 is 27.7 Å². The Morgan fingerprint density at radius 3 is 2.32 bits per heavy atom. The van der Waals surface area contributed by atoms with Crippen molar-refractivity contribution in [2.45, 2.75) is 90.1 Å². The maximum Gasteiger partial charge on any atom is 0.452 e. The number of amides is 1. The van der Waals surface area contributed by atoms with Crippen LogP contribution in [0, 0.1) is 26.2 Å². The summed E-state index contributed by atoms with van der Waals surface area (Å²) in [6.45, 7) is 13.1. The van der Waals surface area contributed by atoms with Crippen LogP contribution in [0.5, 0.6) is 5.88 Å². The van der Waals surface area contributed by atoms with Crippen LogP contribution in [0.3, 0.4) is 0 Å². The third kappa shape index (κ3) is 6.91. The highest BCUT2D eigenvalue weighted by Crippen LogP contribution is 2.45. The van der Waals surface area contributed by atoms with Crippen molar-refractivity contribution in [1.82, 2.24) is 28.8 Å². The monoisotopic (exact) mass is 758 g/mol. The molecule has 1 unspecified atom stereocenters. The molecular formula is C36H41F3N6O7S. The van der Waals surface area contributed by atoms with Gasteiger partial charge >= 0.3 is 18.2 Å². The third-order valence-corrected chi connectivity index (χ3v) is 11.5.